The Morgan fingerprint density at radius 2 is 2.20 bits per heavy atom. The van der Waals surface area contributed by atoms with Crippen molar-refractivity contribution in [2.24, 2.45) is 0 Å². The van der Waals surface area contributed by atoms with Crippen LogP contribution in [0.3, 0.4) is 0 Å². The second-order valence-corrected chi connectivity index (χ2v) is 4.71. The summed E-state index contributed by atoms with van der Waals surface area (Å²) >= 11 is 6.09. The van der Waals surface area contributed by atoms with E-state index in [1.54, 1.807) is 13.0 Å². The maximum Gasteiger partial charge on any atom is 0.276 e. The lowest BCUT2D eigenvalue weighted by atomic mass is 10.2. The summed E-state index contributed by atoms with van der Waals surface area (Å²) in [5, 5.41) is 9.71. The predicted octanol–water partition coefficient (Wildman–Crippen LogP) is 2.27. The topological polar surface area (TPSA) is 66.6 Å². The fraction of sp³-hybridized carbons (Fsp3) is 0.286. The molecule has 1 heterocycles. The molecule has 2 aromatic rings. The number of nitrogens with zero attached hydrogens (tertiary/aromatic N) is 2. The Hall–Kier alpha value is -1.85. The van der Waals surface area contributed by atoms with E-state index in [1.165, 1.54) is 11.3 Å². The van der Waals surface area contributed by atoms with Crippen LogP contribution in [0.2, 0.25) is 5.02 Å². The molecule has 0 atom stereocenters. The van der Waals surface area contributed by atoms with Crippen LogP contribution >= 0.6 is 11.6 Å². The molecular formula is C14H15ClN2O3. The average Bonchev–Trinajstić information content (AvgIpc) is 2.86. The number of hydrogen-bond donors (Lipinski definition) is 1. The van der Waals surface area contributed by atoms with E-state index in [4.69, 9.17) is 21.1 Å². The lowest BCUT2D eigenvalue weighted by molar-refractivity contribution is 0.0701. The lowest BCUT2D eigenvalue weighted by Crippen LogP contribution is -2.33. The van der Waals surface area contributed by atoms with Crippen molar-refractivity contribution in [3.63, 3.8) is 0 Å². The molecule has 1 N–H and O–H groups in total. The standard InChI is InChI=1S/C14H15ClN2O3/c1-10-13(16-9-20-10)14(19)17(6-7-18)8-11-4-2-3-5-12(11)15/h2-5,9,18H,6-8H2,1H3. The van der Waals surface area contributed by atoms with Gasteiger partial charge in [0, 0.05) is 18.1 Å². The molecule has 2 rings (SSSR count). The number of aryl methyl sites for hydroxylation is 1. The van der Waals surface area contributed by atoms with Crippen LogP contribution in [0.25, 0.3) is 0 Å². The minimum Gasteiger partial charge on any atom is -0.448 e. The molecule has 0 bridgehead atoms. The molecule has 0 saturated carbocycles. The van der Waals surface area contributed by atoms with Gasteiger partial charge in [-0.05, 0) is 18.6 Å². The maximum atomic E-state index is 12.4. The number of oxazole rings is 1. The summed E-state index contributed by atoms with van der Waals surface area (Å²) in [4.78, 5) is 17.8. The first kappa shape index (κ1) is 14.6. The summed E-state index contributed by atoms with van der Waals surface area (Å²) in [6, 6.07) is 7.28. The summed E-state index contributed by atoms with van der Waals surface area (Å²) in [5.74, 6) is 0.169. The Kier molecular flexibility index (Phi) is 4.76. The highest BCUT2D eigenvalue weighted by atomic mass is 35.5. The van der Waals surface area contributed by atoms with Crippen LogP contribution in [0.15, 0.2) is 35.1 Å². The number of hydrogen-bond acceptors (Lipinski definition) is 4. The van der Waals surface area contributed by atoms with Gasteiger partial charge in [0.05, 0.1) is 6.61 Å². The van der Waals surface area contributed by atoms with Crippen molar-refractivity contribution < 1.29 is 14.3 Å². The monoisotopic (exact) mass is 294 g/mol. The van der Waals surface area contributed by atoms with Gasteiger partial charge in [0.1, 0.15) is 5.76 Å². The zero-order chi connectivity index (χ0) is 14.5. The van der Waals surface area contributed by atoms with Gasteiger partial charge in [0.25, 0.3) is 5.91 Å². The number of aliphatic hydroxyl groups is 1. The molecule has 6 heteroatoms. The van der Waals surface area contributed by atoms with Crippen molar-refractivity contribution in [1.82, 2.24) is 9.88 Å². The molecule has 0 aliphatic carbocycles. The highest BCUT2D eigenvalue weighted by Gasteiger charge is 2.21. The van der Waals surface area contributed by atoms with Crippen LogP contribution in [-0.4, -0.2) is 34.0 Å². The van der Waals surface area contributed by atoms with Gasteiger partial charge in [-0.25, -0.2) is 4.98 Å². The summed E-state index contributed by atoms with van der Waals surface area (Å²) in [6.07, 6.45) is 1.23. The molecule has 0 spiro atoms. The molecule has 106 valence electrons. The van der Waals surface area contributed by atoms with Gasteiger partial charge in [-0.2, -0.15) is 0 Å². The van der Waals surface area contributed by atoms with E-state index >= 15 is 0 Å². The van der Waals surface area contributed by atoms with Gasteiger partial charge in [-0.3, -0.25) is 4.79 Å². The Balaban J connectivity index is 2.21. The van der Waals surface area contributed by atoms with Gasteiger partial charge >= 0.3 is 0 Å². The SMILES string of the molecule is Cc1ocnc1C(=O)N(CCO)Cc1ccccc1Cl. The summed E-state index contributed by atoms with van der Waals surface area (Å²) in [5.41, 5.74) is 1.07. The Morgan fingerprint density at radius 1 is 1.45 bits per heavy atom. The number of carbonyl (C=O) groups excluding carboxylic acids is 1. The fourth-order valence-corrected chi connectivity index (χ4v) is 2.06. The number of aromatic nitrogens is 1. The first-order valence-electron chi connectivity index (χ1n) is 6.17. The van der Waals surface area contributed by atoms with Crippen LogP contribution in [0.1, 0.15) is 21.8 Å². The number of aliphatic hydroxyl groups excluding tert-OH is 1. The third-order valence-corrected chi connectivity index (χ3v) is 3.29. The second kappa shape index (κ2) is 6.54. The van der Waals surface area contributed by atoms with Crippen molar-refractivity contribution in [3.8, 4) is 0 Å². The van der Waals surface area contributed by atoms with Gasteiger partial charge in [0.2, 0.25) is 0 Å². The van der Waals surface area contributed by atoms with Crippen LogP contribution in [0.5, 0.6) is 0 Å². The fourth-order valence-electron chi connectivity index (χ4n) is 1.87. The van der Waals surface area contributed by atoms with E-state index in [0.717, 1.165) is 5.56 Å². The van der Waals surface area contributed by atoms with E-state index in [-0.39, 0.29) is 24.8 Å². The molecule has 0 saturated heterocycles. The molecule has 1 aromatic heterocycles. The van der Waals surface area contributed by atoms with Crippen LogP contribution in [-0.2, 0) is 6.54 Å². The molecule has 0 radical (unpaired) electrons. The number of rotatable bonds is 5. The van der Waals surface area contributed by atoms with Crippen LogP contribution < -0.4 is 0 Å². The molecule has 5 nitrogen and oxygen atoms in total. The van der Waals surface area contributed by atoms with Crippen molar-refractivity contribution in [1.29, 1.82) is 0 Å². The number of amides is 1. The quantitative estimate of drug-likeness (QED) is 0.918. The van der Waals surface area contributed by atoms with Gasteiger partial charge < -0.3 is 14.4 Å². The highest BCUT2D eigenvalue weighted by Crippen LogP contribution is 2.18. The number of carbonyl (C=O) groups is 1. The van der Waals surface area contributed by atoms with Crippen molar-refractivity contribution in [3.05, 3.63) is 52.7 Å². The number of benzene rings is 1. The lowest BCUT2D eigenvalue weighted by Gasteiger charge is -2.21. The van der Waals surface area contributed by atoms with E-state index in [0.29, 0.717) is 17.3 Å². The van der Waals surface area contributed by atoms with Gasteiger partial charge in [-0.15, -0.1) is 0 Å². The molecule has 0 aliphatic rings. The number of halogens is 1. The molecule has 0 fully saturated rings. The predicted molar refractivity (Wildman–Crippen MR) is 74.5 cm³/mol. The molecule has 1 aromatic carbocycles. The van der Waals surface area contributed by atoms with E-state index in [2.05, 4.69) is 4.98 Å². The third kappa shape index (κ3) is 3.18. The summed E-state index contributed by atoms with van der Waals surface area (Å²) in [6.45, 7) is 2.06. The van der Waals surface area contributed by atoms with Crippen molar-refractivity contribution in [2.45, 2.75) is 13.5 Å². The Morgan fingerprint density at radius 3 is 2.80 bits per heavy atom. The van der Waals surface area contributed by atoms with Crippen molar-refractivity contribution >= 4 is 17.5 Å². The van der Waals surface area contributed by atoms with Gasteiger partial charge in [0.15, 0.2) is 12.1 Å². The molecule has 20 heavy (non-hydrogen) atoms. The van der Waals surface area contributed by atoms with Crippen molar-refractivity contribution in [2.75, 3.05) is 13.2 Å². The third-order valence-electron chi connectivity index (χ3n) is 2.92. The largest absolute Gasteiger partial charge is 0.448 e. The summed E-state index contributed by atoms with van der Waals surface area (Å²) < 4.78 is 5.04. The molecule has 0 aliphatic heterocycles. The first-order valence-corrected chi connectivity index (χ1v) is 6.55. The van der Waals surface area contributed by atoms with E-state index in [1.807, 2.05) is 18.2 Å². The first-order chi connectivity index (χ1) is 9.63. The van der Waals surface area contributed by atoms with Crippen LogP contribution in [0.4, 0.5) is 0 Å². The minimum absolute atomic E-state index is 0.132. The van der Waals surface area contributed by atoms with E-state index < -0.39 is 0 Å². The Bertz CT molecular complexity index is 598. The normalized spacial score (nSPS) is 10.6. The minimum atomic E-state index is -0.287. The molecule has 1 amide bonds. The zero-order valence-corrected chi connectivity index (χ0v) is 11.8. The van der Waals surface area contributed by atoms with E-state index in [9.17, 15) is 4.79 Å². The smallest absolute Gasteiger partial charge is 0.276 e. The summed E-state index contributed by atoms with van der Waals surface area (Å²) in [7, 11) is 0. The zero-order valence-electron chi connectivity index (χ0n) is 11.0. The second-order valence-electron chi connectivity index (χ2n) is 4.30. The molecule has 0 unspecified atom stereocenters. The maximum absolute atomic E-state index is 12.4. The average molecular weight is 295 g/mol. The van der Waals surface area contributed by atoms with Crippen LogP contribution in [0, 0.1) is 6.92 Å². The molecular weight excluding hydrogens is 280 g/mol. The Labute approximate surface area is 121 Å². The highest BCUT2D eigenvalue weighted by molar-refractivity contribution is 6.31. The van der Waals surface area contributed by atoms with Gasteiger partial charge in [-0.1, -0.05) is 29.8 Å².